The molecular formula is C11H18ClN7. The van der Waals surface area contributed by atoms with E-state index in [4.69, 9.17) is 17.4 Å². The third-order valence-corrected chi connectivity index (χ3v) is 3.12. The molecule has 0 bridgehead atoms. The van der Waals surface area contributed by atoms with E-state index in [1.165, 1.54) is 0 Å². The van der Waals surface area contributed by atoms with Gasteiger partial charge in [0, 0.05) is 18.9 Å². The number of imidazole rings is 1. The van der Waals surface area contributed by atoms with E-state index in [-0.39, 0.29) is 6.04 Å². The lowest BCUT2D eigenvalue weighted by molar-refractivity contribution is 0.365. The van der Waals surface area contributed by atoms with Gasteiger partial charge in [-0.25, -0.2) is 10.4 Å². The molecule has 2 aromatic heterocycles. The molecule has 0 aliphatic rings. The zero-order chi connectivity index (χ0) is 13.8. The number of nitrogens with one attached hydrogen (secondary N) is 2. The summed E-state index contributed by atoms with van der Waals surface area (Å²) >= 11 is 6.22. The predicted octanol–water partition coefficient (Wildman–Crippen LogP) is 0.374. The molecule has 1 unspecified atom stereocenters. The Morgan fingerprint density at radius 3 is 2.95 bits per heavy atom. The molecule has 0 saturated heterocycles. The zero-order valence-corrected chi connectivity index (χ0v) is 11.7. The van der Waals surface area contributed by atoms with Crippen molar-refractivity contribution in [3.8, 4) is 0 Å². The van der Waals surface area contributed by atoms with Crippen LogP contribution in [0.15, 0.2) is 18.6 Å². The lowest BCUT2D eigenvalue weighted by atomic mass is 10.2. The summed E-state index contributed by atoms with van der Waals surface area (Å²) in [5, 5.41) is 4.85. The van der Waals surface area contributed by atoms with Crippen LogP contribution in [0.4, 0.5) is 0 Å². The van der Waals surface area contributed by atoms with Gasteiger partial charge in [0.2, 0.25) is 0 Å². The molecule has 4 N–H and O–H groups in total. The van der Waals surface area contributed by atoms with Crippen LogP contribution in [-0.2, 0) is 6.54 Å². The summed E-state index contributed by atoms with van der Waals surface area (Å²) in [5.74, 6) is 6.33. The largest absolute Gasteiger partial charge is 0.347 e. The maximum atomic E-state index is 6.22. The van der Waals surface area contributed by atoms with Gasteiger partial charge in [-0.2, -0.15) is 5.10 Å². The molecule has 0 aliphatic carbocycles. The average molecular weight is 284 g/mol. The van der Waals surface area contributed by atoms with Gasteiger partial charge in [-0.15, -0.1) is 0 Å². The molecular weight excluding hydrogens is 266 g/mol. The Kier molecular flexibility index (Phi) is 4.54. The molecule has 0 aliphatic heterocycles. The maximum absolute atomic E-state index is 6.22. The van der Waals surface area contributed by atoms with Crippen LogP contribution in [0.2, 0.25) is 5.02 Å². The number of rotatable bonds is 6. The number of aromatic amines is 1. The number of likely N-dealkylation sites (N-methyl/N-ethyl adjacent to an activating group) is 1. The average Bonchev–Trinajstić information content (AvgIpc) is 3.00. The van der Waals surface area contributed by atoms with Crippen molar-refractivity contribution >= 4 is 11.6 Å². The van der Waals surface area contributed by atoms with Gasteiger partial charge in [0.25, 0.3) is 0 Å². The molecule has 0 amide bonds. The minimum atomic E-state index is -0.313. The van der Waals surface area contributed by atoms with Crippen molar-refractivity contribution in [3.63, 3.8) is 0 Å². The van der Waals surface area contributed by atoms with Gasteiger partial charge in [0.1, 0.15) is 11.9 Å². The van der Waals surface area contributed by atoms with Crippen molar-refractivity contribution in [3.05, 3.63) is 35.1 Å². The highest BCUT2D eigenvalue weighted by Gasteiger charge is 2.22. The maximum Gasteiger partial charge on any atom is 0.130 e. The van der Waals surface area contributed by atoms with Gasteiger partial charge in [0.15, 0.2) is 0 Å². The number of nitrogens with zero attached hydrogens (tertiary/aromatic N) is 4. The third kappa shape index (κ3) is 3.13. The quantitative estimate of drug-likeness (QED) is 0.527. The van der Waals surface area contributed by atoms with Gasteiger partial charge < -0.3 is 9.88 Å². The van der Waals surface area contributed by atoms with Gasteiger partial charge in [-0.05, 0) is 14.1 Å². The van der Waals surface area contributed by atoms with E-state index in [1.54, 1.807) is 18.6 Å². The standard InChI is InChI=1S/C11H18ClN7/c1-18(2)5-6-19-10(8(12)7-16-19)9(17-13)11-14-3-4-15-11/h3-4,7,9,17H,5-6,13H2,1-2H3,(H,14,15). The van der Waals surface area contributed by atoms with Gasteiger partial charge in [-0.1, -0.05) is 11.6 Å². The smallest absolute Gasteiger partial charge is 0.130 e. The van der Waals surface area contributed by atoms with Crippen molar-refractivity contribution < 1.29 is 0 Å². The molecule has 1 atom stereocenters. The summed E-state index contributed by atoms with van der Waals surface area (Å²) in [5.41, 5.74) is 3.53. The molecule has 0 saturated carbocycles. The first-order valence-electron chi connectivity index (χ1n) is 5.94. The van der Waals surface area contributed by atoms with Crippen LogP contribution in [0.5, 0.6) is 0 Å². The molecule has 19 heavy (non-hydrogen) atoms. The predicted molar refractivity (Wildman–Crippen MR) is 73.5 cm³/mol. The second-order valence-corrected chi connectivity index (χ2v) is 4.89. The number of hydrazine groups is 1. The highest BCUT2D eigenvalue weighted by molar-refractivity contribution is 6.31. The van der Waals surface area contributed by atoms with Gasteiger partial charge in [-0.3, -0.25) is 10.5 Å². The van der Waals surface area contributed by atoms with E-state index in [1.807, 2.05) is 18.8 Å². The monoisotopic (exact) mass is 283 g/mol. The fraction of sp³-hybridized carbons (Fsp3) is 0.455. The minimum absolute atomic E-state index is 0.313. The zero-order valence-electron chi connectivity index (χ0n) is 11.0. The van der Waals surface area contributed by atoms with E-state index >= 15 is 0 Å². The Labute approximate surface area is 116 Å². The first-order chi connectivity index (χ1) is 9.13. The van der Waals surface area contributed by atoms with E-state index in [0.29, 0.717) is 10.8 Å². The van der Waals surface area contributed by atoms with Crippen LogP contribution in [0.3, 0.4) is 0 Å². The number of hydrogen-bond acceptors (Lipinski definition) is 5. The Morgan fingerprint density at radius 1 is 1.58 bits per heavy atom. The molecule has 0 radical (unpaired) electrons. The molecule has 0 fully saturated rings. The normalized spacial score (nSPS) is 13.1. The lowest BCUT2D eigenvalue weighted by Gasteiger charge is -2.17. The highest BCUT2D eigenvalue weighted by atomic mass is 35.5. The number of H-pyrrole nitrogens is 1. The highest BCUT2D eigenvalue weighted by Crippen LogP contribution is 2.25. The number of hydrogen-bond donors (Lipinski definition) is 3. The Hall–Kier alpha value is -1.41. The molecule has 7 nitrogen and oxygen atoms in total. The topological polar surface area (TPSA) is 87.8 Å². The summed E-state index contributed by atoms with van der Waals surface area (Å²) < 4.78 is 1.84. The molecule has 8 heteroatoms. The molecule has 0 spiro atoms. The number of nitrogens with two attached hydrogens (primary N) is 1. The van der Waals surface area contributed by atoms with Crippen molar-refractivity contribution in [2.45, 2.75) is 12.6 Å². The van der Waals surface area contributed by atoms with Crippen LogP contribution in [0.1, 0.15) is 17.6 Å². The molecule has 0 aromatic carbocycles. The molecule has 2 heterocycles. The van der Waals surface area contributed by atoms with E-state index in [0.717, 1.165) is 18.8 Å². The Morgan fingerprint density at radius 2 is 2.37 bits per heavy atom. The van der Waals surface area contributed by atoms with Gasteiger partial charge >= 0.3 is 0 Å². The summed E-state index contributed by atoms with van der Waals surface area (Å²) in [6.07, 6.45) is 5.04. The Balaban J connectivity index is 2.29. The lowest BCUT2D eigenvalue weighted by Crippen LogP contribution is -2.32. The summed E-state index contributed by atoms with van der Waals surface area (Å²) in [6, 6.07) is -0.313. The summed E-state index contributed by atoms with van der Waals surface area (Å²) in [4.78, 5) is 9.33. The third-order valence-electron chi connectivity index (χ3n) is 2.83. The first kappa shape index (κ1) is 14.0. The molecule has 2 aromatic rings. The van der Waals surface area contributed by atoms with Crippen molar-refractivity contribution in [1.29, 1.82) is 0 Å². The number of aromatic nitrogens is 4. The van der Waals surface area contributed by atoms with Crippen molar-refractivity contribution in [2.24, 2.45) is 5.84 Å². The summed E-state index contributed by atoms with van der Waals surface area (Å²) in [7, 11) is 4.02. The van der Waals surface area contributed by atoms with E-state index in [2.05, 4.69) is 25.4 Å². The van der Waals surface area contributed by atoms with Crippen LogP contribution < -0.4 is 11.3 Å². The fourth-order valence-electron chi connectivity index (χ4n) is 1.85. The van der Waals surface area contributed by atoms with Crippen LogP contribution in [-0.4, -0.2) is 45.3 Å². The van der Waals surface area contributed by atoms with Gasteiger partial charge in [0.05, 0.1) is 23.5 Å². The first-order valence-corrected chi connectivity index (χ1v) is 6.32. The second kappa shape index (κ2) is 6.16. The SMILES string of the molecule is CN(C)CCn1ncc(Cl)c1C(NN)c1ncc[nH]1. The Bertz CT molecular complexity index is 505. The molecule has 104 valence electrons. The molecule has 2 rings (SSSR count). The van der Waals surface area contributed by atoms with E-state index < -0.39 is 0 Å². The van der Waals surface area contributed by atoms with Crippen LogP contribution in [0.25, 0.3) is 0 Å². The van der Waals surface area contributed by atoms with E-state index in [9.17, 15) is 0 Å². The number of halogens is 1. The van der Waals surface area contributed by atoms with Crippen molar-refractivity contribution in [2.75, 3.05) is 20.6 Å². The summed E-state index contributed by atoms with van der Waals surface area (Å²) in [6.45, 7) is 1.59. The van der Waals surface area contributed by atoms with Crippen molar-refractivity contribution in [1.82, 2.24) is 30.1 Å². The minimum Gasteiger partial charge on any atom is -0.347 e. The second-order valence-electron chi connectivity index (χ2n) is 4.48. The fourth-order valence-corrected chi connectivity index (χ4v) is 2.10. The van der Waals surface area contributed by atoms with Crippen LogP contribution in [0, 0.1) is 0 Å². The van der Waals surface area contributed by atoms with Crippen LogP contribution >= 0.6 is 11.6 Å².